The molecule has 82 valence electrons. The van der Waals surface area contributed by atoms with E-state index in [4.69, 9.17) is 0 Å². The van der Waals surface area contributed by atoms with Crippen molar-refractivity contribution < 1.29 is 4.79 Å². The first-order chi connectivity index (χ1) is 7.61. The van der Waals surface area contributed by atoms with Crippen LogP contribution < -0.4 is 0 Å². The van der Waals surface area contributed by atoms with E-state index >= 15 is 0 Å². The minimum atomic E-state index is 0.0914. The molecule has 0 radical (unpaired) electrons. The Hall–Kier alpha value is -1.83. The van der Waals surface area contributed by atoms with Gasteiger partial charge in [0.1, 0.15) is 0 Å². The number of aryl methyl sites for hydroxylation is 2. The van der Waals surface area contributed by atoms with Crippen molar-refractivity contribution in [1.82, 2.24) is 4.57 Å². The number of aromatic nitrogens is 1. The average molecular weight is 213 g/mol. The van der Waals surface area contributed by atoms with Crippen LogP contribution in [0.3, 0.4) is 0 Å². The van der Waals surface area contributed by atoms with Gasteiger partial charge in [-0.25, -0.2) is 0 Å². The van der Waals surface area contributed by atoms with Crippen LogP contribution in [-0.2, 0) is 7.05 Å². The van der Waals surface area contributed by atoms with Gasteiger partial charge in [0.05, 0.1) is 5.69 Å². The predicted octanol–water partition coefficient (Wildman–Crippen LogP) is 2.87. The Morgan fingerprint density at radius 2 is 1.75 bits per heavy atom. The van der Waals surface area contributed by atoms with Crippen molar-refractivity contribution in [1.29, 1.82) is 0 Å². The molecule has 2 heteroatoms. The number of ketones is 1. The molecule has 0 atom stereocenters. The van der Waals surface area contributed by atoms with Gasteiger partial charge in [0, 0.05) is 18.3 Å². The van der Waals surface area contributed by atoms with Crippen LogP contribution in [0.4, 0.5) is 0 Å². The fourth-order valence-electron chi connectivity index (χ4n) is 1.98. The molecule has 0 N–H and O–H groups in total. The molecule has 0 aliphatic carbocycles. The van der Waals surface area contributed by atoms with Crippen molar-refractivity contribution >= 4 is 5.78 Å². The molecule has 2 nitrogen and oxygen atoms in total. The second-order valence-corrected chi connectivity index (χ2v) is 4.07. The zero-order valence-electron chi connectivity index (χ0n) is 9.82. The molecule has 0 fully saturated rings. The summed E-state index contributed by atoms with van der Waals surface area (Å²) >= 11 is 0. The number of nitrogens with zero attached hydrogens (tertiary/aromatic N) is 1. The summed E-state index contributed by atoms with van der Waals surface area (Å²) in [5.74, 6) is 0.0914. The number of carbonyl (C=O) groups excluding carboxylic acids is 1. The first-order valence-corrected chi connectivity index (χ1v) is 5.34. The van der Waals surface area contributed by atoms with Gasteiger partial charge in [-0.3, -0.25) is 4.79 Å². The van der Waals surface area contributed by atoms with Crippen LogP contribution in [0.1, 0.15) is 27.3 Å². The third-order valence-electron chi connectivity index (χ3n) is 2.91. The number of hydrogen-bond acceptors (Lipinski definition) is 1. The van der Waals surface area contributed by atoms with Crippen molar-refractivity contribution in [2.45, 2.75) is 13.8 Å². The third-order valence-corrected chi connectivity index (χ3v) is 2.91. The van der Waals surface area contributed by atoms with Crippen molar-refractivity contribution in [2.75, 3.05) is 0 Å². The summed E-state index contributed by atoms with van der Waals surface area (Å²) in [5, 5.41) is 0. The van der Waals surface area contributed by atoms with Crippen molar-refractivity contribution in [3.63, 3.8) is 0 Å². The molecule has 0 bridgehead atoms. The van der Waals surface area contributed by atoms with Gasteiger partial charge in [0.15, 0.2) is 0 Å². The van der Waals surface area contributed by atoms with Crippen LogP contribution in [0.15, 0.2) is 36.4 Å². The topological polar surface area (TPSA) is 22.0 Å². The van der Waals surface area contributed by atoms with E-state index in [-0.39, 0.29) is 5.78 Å². The first kappa shape index (κ1) is 10.7. The van der Waals surface area contributed by atoms with Gasteiger partial charge in [0.25, 0.3) is 0 Å². The summed E-state index contributed by atoms with van der Waals surface area (Å²) in [7, 11) is 1.93. The smallest absolute Gasteiger partial charge is 0.209 e. The highest BCUT2D eigenvalue weighted by Gasteiger charge is 2.16. The van der Waals surface area contributed by atoms with E-state index in [1.807, 2.05) is 61.9 Å². The highest BCUT2D eigenvalue weighted by Crippen LogP contribution is 2.17. The molecule has 1 aromatic carbocycles. The molecule has 1 aromatic heterocycles. The number of hydrogen-bond donors (Lipinski definition) is 0. The van der Waals surface area contributed by atoms with Crippen LogP contribution in [0, 0.1) is 13.8 Å². The summed E-state index contributed by atoms with van der Waals surface area (Å²) in [5.41, 5.74) is 3.67. The highest BCUT2D eigenvalue weighted by atomic mass is 16.1. The van der Waals surface area contributed by atoms with E-state index in [2.05, 4.69) is 0 Å². The second-order valence-electron chi connectivity index (χ2n) is 4.07. The molecular formula is C14H15NO. The highest BCUT2D eigenvalue weighted by molar-refractivity contribution is 6.08. The predicted molar refractivity (Wildman–Crippen MR) is 64.8 cm³/mol. The summed E-state index contributed by atoms with van der Waals surface area (Å²) in [6, 6.07) is 11.4. The maximum Gasteiger partial charge on any atom is 0.209 e. The Morgan fingerprint density at radius 1 is 1.12 bits per heavy atom. The number of benzene rings is 1. The van der Waals surface area contributed by atoms with Gasteiger partial charge in [-0.1, -0.05) is 30.3 Å². The van der Waals surface area contributed by atoms with Crippen molar-refractivity contribution in [3.05, 3.63) is 58.9 Å². The maximum atomic E-state index is 12.3. The fourth-order valence-corrected chi connectivity index (χ4v) is 1.98. The summed E-state index contributed by atoms with van der Waals surface area (Å²) in [4.78, 5) is 12.3. The summed E-state index contributed by atoms with van der Waals surface area (Å²) < 4.78 is 1.95. The molecule has 2 aromatic rings. The zero-order valence-corrected chi connectivity index (χ0v) is 9.82. The van der Waals surface area contributed by atoms with Gasteiger partial charge in [-0.15, -0.1) is 0 Å². The monoisotopic (exact) mass is 213 g/mol. The van der Waals surface area contributed by atoms with Gasteiger partial charge in [-0.05, 0) is 25.5 Å². The normalized spacial score (nSPS) is 10.4. The number of rotatable bonds is 2. The van der Waals surface area contributed by atoms with Gasteiger partial charge in [-0.2, -0.15) is 0 Å². The zero-order chi connectivity index (χ0) is 11.7. The Labute approximate surface area is 95.5 Å². The number of carbonyl (C=O) groups is 1. The molecule has 0 spiro atoms. The minimum Gasteiger partial charge on any atom is -0.345 e. The standard InChI is InChI=1S/C14H15NO/c1-10-9-11(2)15(3)13(10)14(16)12-7-5-4-6-8-12/h4-9H,1-3H3. The molecule has 0 saturated heterocycles. The van der Waals surface area contributed by atoms with Crippen LogP contribution in [0.5, 0.6) is 0 Å². The summed E-state index contributed by atoms with van der Waals surface area (Å²) in [6.45, 7) is 3.98. The van der Waals surface area contributed by atoms with E-state index in [9.17, 15) is 4.79 Å². The quantitative estimate of drug-likeness (QED) is 0.703. The molecule has 2 rings (SSSR count). The van der Waals surface area contributed by atoms with E-state index < -0.39 is 0 Å². The van der Waals surface area contributed by atoms with E-state index in [0.717, 1.165) is 22.5 Å². The maximum absolute atomic E-state index is 12.3. The lowest BCUT2D eigenvalue weighted by Crippen LogP contribution is -2.09. The first-order valence-electron chi connectivity index (χ1n) is 5.34. The average Bonchev–Trinajstić information content (AvgIpc) is 2.54. The lowest BCUT2D eigenvalue weighted by atomic mass is 10.1. The van der Waals surface area contributed by atoms with E-state index in [0.29, 0.717) is 0 Å². The van der Waals surface area contributed by atoms with Gasteiger partial charge >= 0.3 is 0 Å². The second kappa shape index (κ2) is 3.97. The lowest BCUT2D eigenvalue weighted by Gasteiger charge is -2.05. The van der Waals surface area contributed by atoms with Gasteiger partial charge in [0.2, 0.25) is 5.78 Å². The van der Waals surface area contributed by atoms with Crippen molar-refractivity contribution in [2.24, 2.45) is 7.05 Å². The van der Waals surface area contributed by atoms with Crippen LogP contribution in [0.2, 0.25) is 0 Å². The molecule has 0 aliphatic rings. The molecular weight excluding hydrogens is 198 g/mol. The molecule has 16 heavy (non-hydrogen) atoms. The molecule has 0 aliphatic heterocycles. The van der Waals surface area contributed by atoms with E-state index in [1.54, 1.807) is 0 Å². The van der Waals surface area contributed by atoms with Crippen LogP contribution in [0.25, 0.3) is 0 Å². The van der Waals surface area contributed by atoms with Gasteiger partial charge < -0.3 is 4.57 Å². The van der Waals surface area contributed by atoms with Crippen LogP contribution >= 0.6 is 0 Å². The Bertz CT molecular complexity index is 523. The molecule has 0 amide bonds. The summed E-state index contributed by atoms with van der Waals surface area (Å²) in [6.07, 6.45) is 0. The molecule has 0 unspecified atom stereocenters. The Kier molecular flexibility index (Phi) is 2.65. The minimum absolute atomic E-state index is 0.0914. The molecule has 1 heterocycles. The van der Waals surface area contributed by atoms with Crippen LogP contribution in [-0.4, -0.2) is 10.4 Å². The molecule has 0 saturated carbocycles. The fraction of sp³-hybridized carbons (Fsp3) is 0.214. The Balaban J connectivity index is 2.50. The SMILES string of the molecule is Cc1cc(C)n(C)c1C(=O)c1ccccc1. The van der Waals surface area contributed by atoms with Crippen molar-refractivity contribution in [3.8, 4) is 0 Å². The Morgan fingerprint density at radius 3 is 2.25 bits per heavy atom. The lowest BCUT2D eigenvalue weighted by molar-refractivity contribution is 0.103. The van der Waals surface area contributed by atoms with E-state index in [1.165, 1.54) is 0 Å². The third kappa shape index (κ3) is 1.67. The largest absolute Gasteiger partial charge is 0.345 e.